The van der Waals surface area contributed by atoms with Crippen LogP contribution < -0.4 is 4.74 Å². The SMILES string of the molecule is [C-]#[N+]c1ccc(C(Cc2cc(Cl)ccc2C)c2c(C(=O)O)nn(-c3cc(C#N)ccc3OC)c2C(C)C)c(C)c1. The lowest BCUT2D eigenvalue weighted by molar-refractivity contribution is 0.0688. The van der Waals surface area contributed by atoms with Crippen LogP contribution in [0.3, 0.4) is 0 Å². The number of carbonyl (C=O) groups is 1. The van der Waals surface area contributed by atoms with Crippen LogP contribution in [-0.2, 0) is 6.42 Å². The number of hydrogen-bond donors (Lipinski definition) is 1. The van der Waals surface area contributed by atoms with E-state index in [-0.39, 0.29) is 11.6 Å². The lowest BCUT2D eigenvalue weighted by atomic mass is 9.80. The summed E-state index contributed by atoms with van der Waals surface area (Å²) in [6, 6.07) is 18.3. The van der Waals surface area contributed by atoms with Crippen molar-refractivity contribution in [2.75, 3.05) is 7.11 Å². The third-order valence-electron chi connectivity index (χ3n) is 7.09. The van der Waals surface area contributed by atoms with Gasteiger partial charge in [-0.25, -0.2) is 14.3 Å². The number of ether oxygens (including phenoxy) is 1. The summed E-state index contributed by atoms with van der Waals surface area (Å²) in [6.07, 6.45) is 0.464. The van der Waals surface area contributed by atoms with Crippen molar-refractivity contribution in [2.45, 2.75) is 46.0 Å². The van der Waals surface area contributed by atoms with Crippen molar-refractivity contribution in [1.82, 2.24) is 9.78 Å². The Morgan fingerprint density at radius 1 is 1.15 bits per heavy atom. The van der Waals surface area contributed by atoms with Crippen molar-refractivity contribution >= 4 is 23.3 Å². The molecule has 0 aliphatic carbocycles. The third-order valence-corrected chi connectivity index (χ3v) is 7.32. The number of aromatic nitrogens is 2. The van der Waals surface area contributed by atoms with Crippen LogP contribution in [0, 0.1) is 31.8 Å². The number of benzene rings is 3. The standard InChI is InChI=1S/C32H29ClN4O3/c1-18(2)31-29(30(32(38)39)36-37(31)27-14-21(17-34)8-12-28(27)40-6)26(16-22-15-23(33)9-7-19(22)3)25-11-10-24(35-5)13-20(25)4/h7-15,18,26H,16H2,1-4,6H3,(H,38,39). The molecule has 0 saturated carbocycles. The van der Waals surface area contributed by atoms with E-state index < -0.39 is 11.9 Å². The predicted molar refractivity (Wildman–Crippen MR) is 155 cm³/mol. The minimum absolute atomic E-state index is 0.0774. The molecule has 4 rings (SSSR count). The van der Waals surface area contributed by atoms with E-state index in [1.807, 2.05) is 58.0 Å². The molecule has 0 spiro atoms. The smallest absolute Gasteiger partial charge is 0.356 e. The molecule has 0 amide bonds. The lowest BCUT2D eigenvalue weighted by Crippen LogP contribution is -2.15. The number of hydrogen-bond acceptors (Lipinski definition) is 4. The first kappa shape index (κ1) is 28.4. The van der Waals surface area contributed by atoms with Crippen LogP contribution in [0.25, 0.3) is 10.5 Å². The summed E-state index contributed by atoms with van der Waals surface area (Å²) >= 11 is 6.39. The van der Waals surface area contributed by atoms with Gasteiger partial charge in [0.05, 0.1) is 31.0 Å². The van der Waals surface area contributed by atoms with Gasteiger partial charge in [0.1, 0.15) is 11.4 Å². The Morgan fingerprint density at radius 2 is 1.90 bits per heavy atom. The molecular formula is C32H29ClN4O3. The monoisotopic (exact) mass is 552 g/mol. The van der Waals surface area contributed by atoms with Crippen molar-refractivity contribution in [3.05, 3.63) is 116 Å². The van der Waals surface area contributed by atoms with E-state index in [1.165, 1.54) is 7.11 Å². The zero-order valence-electron chi connectivity index (χ0n) is 23.0. The van der Waals surface area contributed by atoms with E-state index in [2.05, 4.69) is 16.0 Å². The quantitative estimate of drug-likeness (QED) is 0.225. The fraction of sp³-hybridized carbons (Fsp3) is 0.250. The number of aryl methyl sites for hydroxylation is 2. The van der Waals surface area contributed by atoms with Gasteiger partial charge in [-0.3, -0.25) is 0 Å². The molecule has 1 atom stereocenters. The molecule has 1 aromatic heterocycles. The van der Waals surface area contributed by atoms with Gasteiger partial charge in [-0.15, -0.1) is 0 Å². The average Bonchev–Trinajstić information content (AvgIpc) is 3.34. The molecule has 0 aliphatic rings. The number of carboxylic acid groups (broad SMARTS) is 1. The molecule has 0 saturated heterocycles. The summed E-state index contributed by atoms with van der Waals surface area (Å²) in [6.45, 7) is 15.4. The van der Waals surface area contributed by atoms with Crippen LogP contribution in [-0.4, -0.2) is 28.0 Å². The first-order chi connectivity index (χ1) is 19.1. The summed E-state index contributed by atoms with van der Waals surface area (Å²) in [5, 5.41) is 25.2. The highest BCUT2D eigenvalue weighted by molar-refractivity contribution is 6.30. The van der Waals surface area contributed by atoms with Gasteiger partial charge in [0.2, 0.25) is 0 Å². The van der Waals surface area contributed by atoms with Gasteiger partial charge in [0, 0.05) is 16.5 Å². The van der Waals surface area contributed by atoms with Gasteiger partial charge < -0.3 is 9.84 Å². The normalized spacial score (nSPS) is 11.6. The van der Waals surface area contributed by atoms with Gasteiger partial charge >= 0.3 is 5.97 Å². The van der Waals surface area contributed by atoms with E-state index in [4.69, 9.17) is 22.9 Å². The predicted octanol–water partition coefficient (Wildman–Crippen LogP) is 7.77. The Kier molecular flexibility index (Phi) is 8.28. The van der Waals surface area contributed by atoms with E-state index in [9.17, 15) is 15.2 Å². The van der Waals surface area contributed by atoms with Gasteiger partial charge in [0.15, 0.2) is 11.4 Å². The molecule has 1 N–H and O–H groups in total. The van der Waals surface area contributed by atoms with Crippen molar-refractivity contribution in [1.29, 1.82) is 5.26 Å². The van der Waals surface area contributed by atoms with Crippen molar-refractivity contribution in [3.63, 3.8) is 0 Å². The molecule has 40 heavy (non-hydrogen) atoms. The van der Waals surface area contributed by atoms with Crippen molar-refractivity contribution < 1.29 is 14.6 Å². The Morgan fingerprint density at radius 3 is 2.50 bits per heavy atom. The van der Waals surface area contributed by atoms with E-state index in [0.29, 0.717) is 45.4 Å². The maximum Gasteiger partial charge on any atom is 0.356 e. The van der Waals surface area contributed by atoms with Gasteiger partial charge in [-0.05, 0) is 73.2 Å². The van der Waals surface area contributed by atoms with Gasteiger partial charge in [-0.1, -0.05) is 55.3 Å². The number of rotatable bonds is 8. The molecule has 1 unspecified atom stereocenters. The second-order valence-electron chi connectivity index (χ2n) is 10.00. The minimum atomic E-state index is -1.16. The molecule has 202 valence electrons. The Balaban J connectivity index is 2.10. The molecule has 0 aliphatic heterocycles. The molecule has 8 heteroatoms. The fourth-order valence-corrected chi connectivity index (χ4v) is 5.37. The maximum absolute atomic E-state index is 12.8. The highest BCUT2D eigenvalue weighted by Gasteiger charge is 2.33. The molecule has 1 heterocycles. The summed E-state index contributed by atoms with van der Waals surface area (Å²) in [4.78, 5) is 16.4. The molecule has 4 aromatic rings. The summed E-state index contributed by atoms with van der Waals surface area (Å²) in [5.74, 6) is -1.25. The Bertz CT molecular complexity index is 1690. The zero-order chi connectivity index (χ0) is 29.1. The first-order valence-corrected chi connectivity index (χ1v) is 13.1. The highest BCUT2D eigenvalue weighted by atomic mass is 35.5. The second kappa shape index (κ2) is 11.7. The molecule has 0 fully saturated rings. The molecule has 7 nitrogen and oxygen atoms in total. The second-order valence-corrected chi connectivity index (χ2v) is 10.4. The average molecular weight is 553 g/mol. The number of nitrogens with zero attached hydrogens (tertiary/aromatic N) is 4. The molecule has 3 aromatic carbocycles. The summed E-state index contributed by atoms with van der Waals surface area (Å²) in [5.41, 5.74) is 6.37. The van der Waals surface area contributed by atoms with Gasteiger partial charge in [-0.2, -0.15) is 10.4 Å². The molecule has 0 bridgehead atoms. The first-order valence-electron chi connectivity index (χ1n) is 12.8. The Hall–Kier alpha value is -4.59. The molecular weight excluding hydrogens is 524 g/mol. The minimum Gasteiger partial charge on any atom is -0.494 e. The summed E-state index contributed by atoms with van der Waals surface area (Å²) < 4.78 is 7.20. The number of carboxylic acids is 1. The van der Waals surface area contributed by atoms with Crippen LogP contribution in [0.1, 0.15) is 75.2 Å². The topological polar surface area (TPSA) is 92.5 Å². The maximum atomic E-state index is 12.8. The van der Waals surface area contributed by atoms with E-state index >= 15 is 0 Å². The third kappa shape index (κ3) is 5.43. The van der Waals surface area contributed by atoms with Crippen LogP contribution in [0.2, 0.25) is 5.02 Å². The Labute approximate surface area is 239 Å². The highest BCUT2D eigenvalue weighted by Crippen LogP contribution is 2.41. The lowest BCUT2D eigenvalue weighted by Gasteiger charge is -2.24. The summed E-state index contributed by atoms with van der Waals surface area (Å²) in [7, 11) is 1.52. The van der Waals surface area contributed by atoms with Crippen LogP contribution >= 0.6 is 11.6 Å². The van der Waals surface area contributed by atoms with Crippen molar-refractivity contribution in [2.24, 2.45) is 0 Å². The van der Waals surface area contributed by atoms with Gasteiger partial charge in [0.25, 0.3) is 0 Å². The number of nitriles is 1. The van der Waals surface area contributed by atoms with E-state index in [0.717, 1.165) is 22.3 Å². The van der Waals surface area contributed by atoms with Crippen LogP contribution in [0.15, 0.2) is 54.6 Å². The number of aromatic carboxylic acids is 1. The number of halogens is 1. The largest absolute Gasteiger partial charge is 0.494 e. The van der Waals surface area contributed by atoms with Crippen LogP contribution in [0.4, 0.5) is 5.69 Å². The van der Waals surface area contributed by atoms with Crippen molar-refractivity contribution in [3.8, 4) is 17.5 Å². The van der Waals surface area contributed by atoms with E-state index in [1.54, 1.807) is 28.9 Å². The number of methoxy groups -OCH3 is 1. The zero-order valence-corrected chi connectivity index (χ0v) is 23.7. The van der Waals surface area contributed by atoms with Crippen LogP contribution in [0.5, 0.6) is 5.75 Å². The fourth-order valence-electron chi connectivity index (χ4n) is 5.18. The molecule has 0 radical (unpaired) electrons.